The quantitative estimate of drug-likeness (QED) is 0.601. The Bertz CT molecular complexity index is 845. The van der Waals surface area contributed by atoms with Crippen molar-refractivity contribution in [1.29, 1.82) is 0 Å². The summed E-state index contributed by atoms with van der Waals surface area (Å²) in [7, 11) is 0. The summed E-state index contributed by atoms with van der Waals surface area (Å²) < 4.78 is 12.9. The van der Waals surface area contributed by atoms with Crippen LogP contribution in [-0.2, 0) is 0 Å². The molecule has 0 fully saturated rings. The van der Waals surface area contributed by atoms with E-state index in [0.29, 0.717) is 11.0 Å². The summed E-state index contributed by atoms with van der Waals surface area (Å²) in [5.74, 6) is 0.396. The van der Waals surface area contributed by atoms with Crippen molar-refractivity contribution in [3.8, 4) is 0 Å². The fraction of sp³-hybridized carbons (Fsp3) is 0.111. The third-order valence-electron chi connectivity index (χ3n) is 3.41. The number of benzene rings is 2. The Hall–Kier alpha value is -2.11. The molecule has 0 saturated heterocycles. The molecule has 0 aliphatic heterocycles. The van der Waals surface area contributed by atoms with Crippen molar-refractivity contribution in [2.24, 2.45) is 0 Å². The van der Waals surface area contributed by atoms with E-state index in [4.69, 9.17) is 11.6 Å². The Morgan fingerprint density at radius 1 is 1.12 bits per heavy atom. The first kappa shape index (κ1) is 16.7. The van der Waals surface area contributed by atoms with Crippen LogP contribution in [0.1, 0.15) is 29.1 Å². The number of aromatic amines is 1. The van der Waals surface area contributed by atoms with Crippen molar-refractivity contribution in [1.82, 2.24) is 15.2 Å². The molecule has 1 aromatic heterocycles. The molecule has 0 aliphatic carbocycles. The normalized spacial score (nSPS) is 12.6. The molecule has 0 amide bonds. The van der Waals surface area contributed by atoms with Crippen molar-refractivity contribution in [2.75, 3.05) is 0 Å². The van der Waals surface area contributed by atoms with E-state index in [1.54, 1.807) is 12.1 Å². The van der Waals surface area contributed by atoms with Gasteiger partial charge in [-0.15, -0.1) is 5.10 Å². The molecule has 3 rings (SSSR count). The third kappa shape index (κ3) is 4.24. The zero-order valence-electron chi connectivity index (χ0n) is 12.9. The standard InChI is InChI=1S/C18H15ClFN3S/c1-12(15-4-2-3-5-16(15)19)24-18-21-17(22-23-18)11-8-13-6-9-14(20)10-7-13/h2-12H,1H3,(H,21,22,23)/b11-8-/t12-/m0/s1. The fourth-order valence-electron chi connectivity index (χ4n) is 2.16. The number of nitrogens with zero attached hydrogens (tertiary/aromatic N) is 2. The SMILES string of the molecule is C[C@H](Sc1n[nH]c(/C=C\c2ccc(F)cc2)n1)c1ccccc1Cl. The van der Waals surface area contributed by atoms with E-state index in [-0.39, 0.29) is 11.1 Å². The maximum atomic E-state index is 12.9. The Morgan fingerprint density at radius 3 is 2.62 bits per heavy atom. The maximum Gasteiger partial charge on any atom is 0.209 e. The van der Waals surface area contributed by atoms with Crippen molar-refractivity contribution >= 4 is 35.5 Å². The highest BCUT2D eigenvalue weighted by atomic mass is 35.5. The number of hydrogen-bond acceptors (Lipinski definition) is 3. The van der Waals surface area contributed by atoms with E-state index in [0.717, 1.165) is 16.1 Å². The van der Waals surface area contributed by atoms with Crippen LogP contribution in [0.4, 0.5) is 4.39 Å². The fourth-order valence-corrected chi connectivity index (χ4v) is 3.42. The summed E-state index contributed by atoms with van der Waals surface area (Å²) in [6, 6.07) is 14.0. The molecule has 3 nitrogen and oxygen atoms in total. The number of aromatic nitrogens is 3. The lowest BCUT2D eigenvalue weighted by Crippen LogP contribution is -1.90. The highest BCUT2D eigenvalue weighted by molar-refractivity contribution is 7.99. The van der Waals surface area contributed by atoms with Gasteiger partial charge in [0.05, 0.1) is 0 Å². The molecule has 0 radical (unpaired) electrons. The van der Waals surface area contributed by atoms with Gasteiger partial charge in [-0.05, 0) is 42.3 Å². The molecule has 2 aromatic carbocycles. The van der Waals surface area contributed by atoms with Crippen molar-refractivity contribution < 1.29 is 4.39 Å². The highest BCUT2D eigenvalue weighted by Gasteiger charge is 2.13. The van der Waals surface area contributed by atoms with E-state index >= 15 is 0 Å². The highest BCUT2D eigenvalue weighted by Crippen LogP contribution is 2.36. The summed E-state index contributed by atoms with van der Waals surface area (Å²) >= 11 is 7.75. The first-order valence-electron chi connectivity index (χ1n) is 7.39. The smallest absolute Gasteiger partial charge is 0.209 e. The van der Waals surface area contributed by atoms with Gasteiger partial charge in [-0.3, -0.25) is 5.10 Å². The van der Waals surface area contributed by atoms with Crippen molar-refractivity contribution in [3.63, 3.8) is 0 Å². The van der Waals surface area contributed by atoms with E-state index < -0.39 is 0 Å². The second-order valence-electron chi connectivity index (χ2n) is 5.17. The summed E-state index contributed by atoms with van der Waals surface area (Å²) in [6.45, 7) is 2.07. The number of thioether (sulfide) groups is 1. The number of H-pyrrole nitrogens is 1. The number of halogens is 2. The van der Waals surface area contributed by atoms with Crippen LogP contribution in [0.15, 0.2) is 53.7 Å². The van der Waals surface area contributed by atoms with Gasteiger partial charge >= 0.3 is 0 Å². The van der Waals surface area contributed by atoms with Crippen LogP contribution in [0.25, 0.3) is 12.2 Å². The van der Waals surface area contributed by atoms with Crippen molar-refractivity contribution in [3.05, 3.63) is 76.3 Å². The second-order valence-corrected chi connectivity index (χ2v) is 6.88. The third-order valence-corrected chi connectivity index (χ3v) is 4.76. The first-order chi connectivity index (χ1) is 11.6. The summed E-state index contributed by atoms with van der Waals surface area (Å²) in [5, 5.41) is 8.63. The molecule has 24 heavy (non-hydrogen) atoms. The van der Waals surface area contributed by atoms with Gasteiger partial charge in [0.15, 0.2) is 0 Å². The molecule has 6 heteroatoms. The maximum absolute atomic E-state index is 12.9. The first-order valence-corrected chi connectivity index (χ1v) is 8.65. The van der Waals surface area contributed by atoms with Gasteiger partial charge in [0.25, 0.3) is 0 Å². The minimum absolute atomic E-state index is 0.142. The van der Waals surface area contributed by atoms with Crippen LogP contribution in [0.2, 0.25) is 5.02 Å². The van der Waals surface area contributed by atoms with E-state index in [1.165, 1.54) is 23.9 Å². The van der Waals surface area contributed by atoms with Crippen molar-refractivity contribution in [2.45, 2.75) is 17.3 Å². The van der Waals surface area contributed by atoms with Crippen LogP contribution >= 0.6 is 23.4 Å². The van der Waals surface area contributed by atoms with Gasteiger partial charge in [0.1, 0.15) is 11.6 Å². The molecular weight excluding hydrogens is 345 g/mol. The van der Waals surface area contributed by atoms with Gasteiger partial charge in [-0.1, -0.05) is 59.8 Å². The molecule has 0 unspecified atom stereocenters. The molecule has 0 bridgehead atoms. The zero-order valence-corrected chi connectivity index (χ0v) is 14.5. The Morgan fingerprint density at radius 2 is 1.88 bits per heavy atom. The lowest BCUT2D eigenvalue weighted by molar-refractivity contribution is 0.628. The van der Waals surface area contributed by atoms with Gasteiger partial charge < -0.3 is 0 Å². The number of rotatable bonds is 5. The van der Waals surface area contributed by atoms with Crippen LogP contribution in [-0.4, -0.2) is 15.2 Å². The molecule has 1 heterocycles. The largest absolute Gasteiger partial charge is 0.259 e. The number of nitrogens with one attached hydrogen (secondary N) is 1. The molecule has 1 N–H and O–H groups in total. The summed E-state index contributed by atoms with van der Waals surface area (Å²) in [6.07, 6.45) is 3.66. The molecule has 122 valence electrons. The predicted octanol–water partition coefficient (Wildman–Crippen LogP) is 5.62. The molecule has 0 saturated carbocycles. The van der Waals surface area contributed by atoms with Gasteiger partial charge in [-0.25, -0.2) is 9.37 Å². The minimum atomic E-state index is -0.251. The predicted molar refractivity (Wildman–Crippen MR) is 97.4 cm³/mol. The Labute approximate surface area is 149 Å². The summed E-state index contributed by atoms with van der Waals surface area (Å²) in [4.78, 5) is 4.43. The average Bonchev–Trinajstić information content (AvgIpc) is 3.02. The van der Waals surface area contributed by atoms with E-state index in [9.17, 15) is 4.39 Å². The molecule has 0 spiro atoms. The second kappa shape index (κ2) is 7.64. The topological polar surface area (TPSA) is 41.6 Å². The van der Waals surface area contributed by atoms with E-state index in [1.807, 2.05) is 36.4 Å². The van der Waals surface area contributed by atoms with Gasteiger partial charge in [0.2, 0.25) is 5.16 Å². The average molecular weight is 360 g/mol. The lowest BCUT2D eigenvalue weighted by Gasteiger charge is -2.10. The van der Waals surface area contributed by atoms with Gasteiger partial charge in [-0.2, -0.15) is 0 Å². The minimum Gasteiger partial charge on any atom is -0.259 e. The zero-order chi connectivity index (χ0) is 16.9. The Kier molecular flexibility index (Phi) is 5.33. The molecule has 3 aromatic rings. The molecular formula is C18H15ClFN3S. The van der Waals surface area contributed by atoms with Crippen LogP contribution in [0.3, 0.4) is 0 Å². The summed E-state index contributed by atoms with van der Waals surface area (Å²) in [5.41, 5.74) is 1.95. The molecule has 1 atom stereocenters. The van der Waals surface area contributed by atoms with Gasteiger partial charge in [0, 0.05) is 10.3 Å². The number of hydrogen-bond donors (Lipinski definition) is 1. The molecule has 0 aliphatic rings. The monoisotopic (exact) mass is 359 g/mol. The van der Waals surface area contributed by atoms with Crippen LogP contribution < -0.4 is 0 Å². The Balaban J connectivity index is 1.67. The van der Waals surface area contributed by atoms with Crippen LogP contribution in [0, 0.1) is 5.82 Å². The van der Waals surface area contributed by atoms with E-state index in [2.05, 4.69) is 22.1 Å². The lowest BCUT2D eigenvalue weighted by atomic mass is 10.2. The van der Waals surface area contributed by atoms with Crippen LogP contribution in [0.5, 0.6) is 0 Å².